The van der Waals surface area contributed by atoms with Crippen molar-refractivity contribution < 1.29 is 24.3 Å². The van der Waals surface area contributed by atoms with Gasteiger partial charge in [-0.3, -0.25) is 10.1 Å². The van der Waals surface area contributed by atoms with Gasteiger partial charge in [0.1, 0.15) is 17.3 Å². The number of aliphatic hydroxyl groups excluding tert-OH is 2. The molecule has 0 aliphatic heterocycles. The van der Waals surface area contributed by atoms with E-state index in [1.807, 2.05) is 0 Å². The van der Waals surface area contributed by atoms with Gasteiger partial charge in [0.05, 0.1) is 23.7 Å². The maximum Gasteiger partial charge on any atom is 0.275 e. The number of hydrogen-bond acceptors (Lipinski definition) is 6. The molecule has 0 heterocycles. The Kier molecular flexibility index (Phi) is 5.45. The summed E-state index contributed by atoms with van der Waals surface area (Å²) in [7, 11) is 0. The van der Waals surface area contributed by atoms with Crippen LogP contribution in [0.1, 0.15) is 0 Å². The third kappa shape index (κ3) is 4.90. The lowest BCUT2D eigenvalue weighted by Gasteiger charge is -2.12. The van der Waals surface area contributed by atoms with Gasteiger partial charge in [0.15, 0.2) is 0 Å². The number of nitro benzene ring substituents is 1. The minimum Gasteiger partial charge on any atom is -0.457 e. The second kappa shape index (κ2) is 7.52. The molecule has 122 valence electrons. The number of hydrogen-bond donors (Lipinski definition) is 3. The van der Waals surface area contributed by atoms with Crippen molar-refractivity contribution in [1.82, 2.24) is 0 Å². The van der Waals surface area contributed by atoms with Crippen molar-refractivity contribution >= 4 is 11.4 Å². The summed E-state index contributed by atoms with van der Waals surface area (Å²) >= 11 is 0. The Morgan fingerprint density at radius 1 is 1.22 bits per heavy atom. The summed E-state index contributed by atoms with van der Waals surface area (Å²) in [4.78, 5) is 10.4. The van der Waals surface area contributed by atoms with Crippen LogP contribution in [0.3, 0.4) is 0 Å². The van der Waals surface area contributed by atoms with Crippen LogP contribution in [0.15, 0.2) is 42.5 Å². The molecule has 0 aromatic heterocycles. The van der Waals surface area contributed by atoms with Crippen LogP contribution in [0.5, 0.6) is 11.5 Å². The van der Waals surface area contributed by atoms with E-state index >= 15 is 0 Å². The average molecular weight is 322 g/mol. The molecule has 1 atom stereocenters. The van der Waals surface area contributed by atoms with Gasteiger partial charge in [0.2, 0.25) is 0 Å². The predicted molar refractivity (Wildman–Crippen MR) is 81.2 cm³/mol. The fourth-order valence-electron chi connectivity index (χ4n) is 1.79. The van der Waals surface area contributed by atoms with Crippen molar-refractivity contribution in [2.75, 3.05) is 18.5 Å². The van der Waals surface area contributed by atoms with Gasteiger partial charge in [-0.15, -0.1) is 0 Å². The molecule has 0 radical (unpaired) electrons. The third-order valence-electron chi connectivity index (χ3n) is 2.90. The first-order valence-corrected chi connectivity index (χ1v) is 6.73. The largest absolute Gasteiger partial charge is 0.457 e. The SMILES string of the molecule is O=[N+]([O-])c1cc(NCC(O)CO)cc(Oc2ccc(F)cc2)c1. The average Bonchev–Trinajstić information content (AvgIpc) is 2.54. The standard InChI is InChI=1S/C15H15FN2O5/c16-10-1-3-14(4-2-10)23-15-6-11(17-8-13(20)9-19)5-12(7-15)18(21)22/h1-7,13,17,19-20H,8-9H2. The van der Waals surface area contributed by atoms with Crippen molar-refractivity contribution in [2.24, 2.45) is 0 Å². The van der Waals surface area contributed by atoms with E-state index in [1.165, 1.54) is 42.5 Å². The molecule has 7 nitrogen and oxygen atoms in total. The Bertz CT molecular complexity index is 678. The minimum absolute atomic E-state index is 0.0215. The molecule has 0 bridgehead atoms. The number of halogens is 1. The van der Waals surface area contributed by atoms with Crippen molar-refractivity contribution in [3.8, 4) is 11.5 Å². The summed E-state index contributed by atoms with van der Waals surface area (Å²) in [6.07, 6.45) is -0.990. The van der Waals surface area contributed by atoms with Gasteiger partial charge in [-0.25, -0.2) is 4.39 Å². The van der Waals surface area contributed by atoms with Crippen LogP contribution in [0.4, 0.5) is 15.8 Å². The Balaban J connectivity index is 2.21. The summed E-state index contributed by atoms with van der Waals surface area (Å²) in [5.41, 5.74) is 0.148. The summed E-state index contributed by atoms with van der Waals surface area (Å²) in [5.74, 6) is 0.0942. The highest BCUT2D eigenvalue weighted by molar-refractivity contribution is 5.57. The predicted octanol–water partition coefficient (Wildman–Crippen LogP) is 2.29. The van der Waals surface area contributed by atoms with Gasteiger partial charge in [0, 0.05) is 24.4 Å². The molecule has 1 unspecified atom stereocenters. The molecule has 3 N–H and O–H groups in total. The number of aliphatic hydroxyl groups is 2. The highest BCUT2D eigenvalue weighted by Gasteiger charge is 2.12. The van der Waals surface area contributed by atoms with Gasteiger partial charge in [-0.05, 0) is 24.3 Å². The van der Waals surface area contributed by atoms with Crippen LogP contribution in [-0.4, -0.2) is 34.4 Å². The zero-order chi connectivity index (χ0) is 16.8. The van der Waals surface area contributed by atoms with E-state index in [9.17, 15) is 19.6 Å². The number of benzene rings is 2. The van der Waals surface area contributed by atoms with E-state index in [0.29, 0.717) is 11.4 Å². The number of nitrogens with one attached hydrogen (secondary N) is 1. The Morgan fingerprint density at radius 2 is 1.91 bits per heavy atom. The van der Waals surface area contributed by atoms with Crippen molar-refractivity contribution in [1.29, 1.82) is 0 Å². The van der Waals surface area contributed by atoms with Gasteiger partial charge in [-0.1, -0.05) is 0 Å². The highest BCUT2D eigenvalue weighted by Crippen LogP contribution is 2.29. The molecule has 2 rings (SSSR count). The van der Waals surface area contributed by atoms with Gasteiger partial charge in [-0.2, -0.15) is 0 Å². The van der Waals surface area contributed by atoms with Crippen molar-refractivity contribution in [3.63, 3.8) is 0 Å². The summed E-state index contributed by atoms with van der Waals surface area (Å²) in [6.45, 7) is -0.408. The molecule has 0 saturated carbocycles. The van der Waals surface area contributed by atoms with Crippen molar-refractivity contribution in [3.05, 3.63) is 58.4 Å². The van der Waals surface area contributed by atoms with E-state index in [0.717, 1.165) is 0 Å². The number of ether oxygens (including phenoxy) is 1. The first kappa shape index (κ1) is 16.7. The van der Waals surface area contributed by atoms with Crippen LogP contribution in [-0.2, 0) is 0 Å². The topological polar surface area (TPSA) is 105 Å². The van der Waals surface area contributed by atoms with Gasteiger partial charge >= 0.3 is 0 Å². The lowest BCUT2D eigenvalue weighted by molar-refractivity contribution is -0.384. The number of rotatable bonds is 7. The smallest absolute Gasteiger partial charge is 0.275 e. The summed E-state index contributed by atoms with van der Waals surface area (Å²) < 4.78 is 18.3. The number of nitro groups is 1. The molecule has 0 aliphatic carbocycles. The molecule has 0 fully saturated rings. The lowest BCUT2D eigenvalue weighted by Crippen LogP contribution is -2.22. The molecule has 2 aromatic rings. The van der Waals surface area contributed by atoms with E-state index in [-0.39, 0.29) is 18.0 Å². The second-order valence-corrected chi connectivity index (χ2v) is 4.75. The lowest BCUT2D eigenvalue weighted by atomic mass is 10.2. The molecule has 8 heteroatoms. The molecule has 2 aromatic carbocycles. The fraction of sp³-hybridized carbons (Fsp3) is 0.200. The van der Waals surface area contributed by atoms with Crippen LogP contribution in [0.2, 0.25) is 0 Å². The second-order valence-electron chi connectivity index (χ2n) is 4.75. The van der Waals surface area contributed by atoms with Gasteiger partial charge < -0.3 is 20.3 Å². The number of anilines is 1. The van der Waals surface area contributed by atoms with E-state index in [2.05, 4.69) is 5.32 Å². The molecule has 23 heavy (non-hydrogen) atoms. The Morgan fingerprint density at radius 3 is 2.52 bits per heavy atom. The Hall–Kier alpha value is -2.71. The zero-order valence-electron chi connectivity index (χ0n) is 12.0. The first-order chi connectivity index (χ1) is 11.0. The normalized spacial score (nSPS) is 11.8. The third-order valence-corrected chi connectivity index (χ3v) is 2.90. The van der Waals surface area contributed by atoms with E-state index in [1.54, 1.807) is 0 Å². The van der Waals surface area contributed by atoms with Gasteiger partial charge in [0.25, 0.3) is 5.69 Å². The number of non-ortho nitro benzene ring substituents is 1. The van der Waals surface area contributed by atoms with E-state index in [4.69, 9.17) is 9.84 Å². The molecular weight excluding hydrogens is 307 g/mol. The summed E-state index contributed by atoms with van der Waals surface area (Å²) in [6, 6.07) is 9.24. The van der Waals surface area contributed by atoms with Crippen LogP contribution in [0.25, 0.3) is 0 Å². The zero-order valence-corrected chi connectivity index (χ0v) is 12.0. The molecular formula is C15H15FN2O5. The Labute approximate surface area is 131 Å². The summed E-state index contributed by atoms with van der Waals surface area (Å²) in [5, 5.41) is 31.8. The van der Waals surface area contributed by atoms with E-state index < -0.39 is 23.5 Å². The molecule has 0 amide bonds. The number of nitrogens with zero attached hydrogens (tertiary/aromatic N) is 1. The minimum atomic E-state index is -0.990. The van der Waals surface area contributed by atoms with Crippen LogP contribution < -0.4 is 10.1 Å². The molecule has 0 saturated heterocycles. The van der Waals surface area contributed by atoms with Crippen LogP contribution >= 0.6 is 0 Å². The van der Waals surface area contributed by atoms with Crippen molar-refractivity contribution in [2.45, 2.75) is 6.10 Å². The molecule has 0 aliphatic rings. The maximum atomic E-state index is 12.9. The quantitative estimate of drug-likeness (QED) is 0.533. The monoisotopic (exact) mass is 322 g/mol. The molecule has 0 spiro atoms. The maximum absolute atomic E-state index is 12.9. The van der Waals surface area contributed by atoms with Crippen LogP contribution in [0, 0.1) is 15.9 Å². The highest BCUT2D eigenvalue weighted by atomic mass is 19.1. The first-order valence-electron chi connectivity index (χ1n) is 6.73. The fourth-order valence-corrected chi connectivity index (χ4v) is 1.79.